The van der Waals surface area contributed by atoms with Crippen LogP contribution in [0.25, 0.3) is 0 Å². The molecule has 1 aromatic carbocycles. The van der Waals surface area contributed by atoms with Gasteiger partial charge in [0.2, 0.25) is 0 Å². The SMILES string of the molecule is CC(C)(C)NC(=O)NC(CO)c1ccc(Cl)cc1. The summed E-state index contributed by atoms with van der Waals surface area (Å²) in [4.78, 5) is 11.7. The van der Waals surface area contributed by atoms with Gasteiger partial charge in [-0.2, -0.15) is 0 Å². The van der Waals surface area contributed by atoms with Gasteiger partial charge in [0.05, 0.1) is 12.6 Å². The highest BCUT2D eigenvalue weighted by molar-refractivity contribution is 6.30. The molecular formula is C13H19ClN2O2. The molecule has 1 atom stereocenters. The number of aliphatic hydroxyl groups excluding tert-OH is 1. The van der Waals surface area contributed by atoms with Gasteiger partial charge in [-0.05, 0) is 38.5 Å². The van der Waals surface area contributed by atoms with Gasteiger partial charge >= 0.3 is 6.03 Å². The van der Waals surface area contributed by atoms with Crippen molar-refractivity contribution in [1.29, 1.82) is 0 Å². The number of hydrogen-bond donors (Lipinski definition) is 3. The van der Waals surface area contributed by atoms with Crippen LogP contribution in [0.3, 0.4) is 0 Å². The molecule has 2 amide bonds. The summed E-state index contributed by atoms with van der Waals surface area (Å²) in [6.07, 6.45) is 0. The Hall–Kier alpha value is -1.26. The van der Waals surface area contributed by atoms with Crippen molar-refractivity contribution >= 4 is 17.6 Å². The molecule has 0 aliphatic rings. The Morgan fingerprint density at radius 1 is 1.33 bits per heavy atom. The van der Waals surface area contributed by atoms with Crippen molar-refractivity contribution in [2.45, 2.75) is 32.4 Å². The zero-order valence-corrected chi connectivity index (χ0v) is 11.6. The Labute approximate surface area is 112 Å². The number of hydrogen-bond acceptors (Lipinski definition) is 2. The lowest BCUT2D eigenvalue weighted by Gasteiger charge is -2.24. The van der Waals surface area contributed by atoms with Gasteiger partial charge < -0.3 is 15.7 Å². The van der Waals surface area contributed by atoms with E-state index in [4.69, 9.17) is 11.6 Å². The molecule has 5 heteroatoms. The first-order valence-corrected chi connectivity index (χ1v) is 6.14. The van der Waals surface area contributed by atoms with Crippen LogP contribution in [-0.4, -0.2) is 23.3 Å². The second-order valence-corrected chi connectivity index (χ2v) is 5.57. The van der Waals surface area contributed by atoms with E-state index in [-0.39, 0.29) is 18.2 Å². The predicted molar refractivity (Wildman–Crippen MR) is 72.7 cm³/mol. The summed E-state index contributed by atoms with van der Waals surface area (Å²) >= 11 is 5.79. The minimum Gasteiger partial charge on any atom is -0.394 e. The summed E-state index contributed by atoms with van der Waals surface area (Å²) in [6, 6.07) is 6.26. The van der Waals surface area contributed by atoms with E-state index in [0.29, 0.717) is 5.02 Å². The van der Waals surface area contributed by atoms with E-state index in [0.717, 1.165) is 5.56 Å². The predicted octanol–water partition coefficient (Wildman–Crippen LogP) is 2.47. The van der Waals surface area contributed by atoms with Gasteiger partial charge in [-0.25, -0.2) is 4.79 Å². The Bertz CT molecular complexity index is 398. The summed E-state index contributed by atoms with van der Waals surface area (Å²) in [5.41, 5.74) is 0.496. The quantitative estimate of drug-likeness (QED) is 0.790. The molecule has 0 radical (unpaired) electrons. The summed E-state index contributed by atoms with van der Waals surface area (Å²) in [5.74, 6) is 0. The second kappa shape index (κ2) is 6.07. The number of amides is 2. The number of carbonyl (C=O) groups excluding carboxylic acids is 1. The van der Waals surface area contributed by atoms with Gasteiger partial charge in [0.25, 0.3) is 0 Å². The zero-order valence-electron chi connectivity index (χ0n) is 10.8. The van der Waals surface area contributed by atoms with Gasteiger partial charge in [-0.15, -0.1) is 0 Å². The first kappa shape index (κ1) is 14.8. The van der Waals surface area contributed by atoms with E-state index >= 15 is 0 Å². The van der Waals surface area contributed by atoms with Crippen LogP contribution in [0, 0.1) is 0 Å². The third kappa shape index (κ3) is 4.94. The average molecular weight is 271 g/mol. The molecule has 3 N–H and O–H groups in total. The molecule has 1 rings (SSSR count). The molecule has 100 valence electrons. The molecule has 0 bridgehead atoms. The van der Waals surface area contributed by atoms with E-state index in [1.165, 1.54) is 0 Å². The average Bonchev–Trinajstić information content (AvgIpc) is 2.25. The monoisotopic (exact) mass is 270 g/mol. The molecule has 0 fully saturated rings. The Morgan fingerprint density at radius 3 is 2.33 bits per heavy atom. The minimum absolute atomic E-state index is 0.167. The summed E-state index contributed by atoms with van der Waals surface area (Å²) in [6.45, 7) is 5.51. The van der Waals surface area contributed by atoms with E-state index < -0.39 is 6.04 Å². The highest BCUT2D eigenvalue weighted by Crippen LogP contribution is 2.16. The standard InChI is InChI=1S/C13H19ClN2O2/c1-13(2,3)16-12(18)15-11(8-17)9-4-6-10(14)7-5-9/h4-7,11,17H,8H2,1-3H3,(H2,15,16,18). The van der Waals surface area contributed by atoms with E-state index in [1.54, 1.807) is 24.3 Å². The highest BCUT2D eigenvalue weighted by atomic mass is 35.5. The normalized spacial score (nSPS) is 12.9. The molecule has 0 heterocycles. The molecule has 1 aromatic rings. The minimum atomic E-state index is -0.440. The largest absolute Gasteiger partial charge is 0.394 e. The van der Waals surface area contributed by atoms with Crippen LogP contribution in [0.5, 0.6) is 0 Å². The fourth-order valence-corrected chi connectivity index (χ4v) is 1.59. The van der Waals surface area contributed by atoms with Crippen LogP contribution in [-0.2, 0) is 0 Å². The Balaban J connectivity index is 2.68. The fourth-order valence-electron chi connectivity index (χ4n) is 1.46. The number of rotatable bonds is 3. The van der Waals surface area contributed by atoms with Crippen LogP contribution in [0.4, 0.5) is 4.79 Å². The van der Waals surface area contributed by atoms with Crippen LogP contribution in [0.15, 0.2) is 24.3 Å². The summed E-state index contributed by atoms with van der Waals surface area (Å²) < 4.78 is 0. The number of halogens is 1. The number of aliphatic hydroxyl groups is 1. The van der Waals surface area contributed by atoms with Crippen molar-refractivity contribution in [2.24, 2.45) is 0 Å². The van der Waals surface area contributed by atoms with Gasteiger partial charge in [0.1, 0.15) is 0 Å². The third-order valence-corrected chi connectivity index (χ3v) is 2.50. The molecule has 0 spiro atoms. The number of urea groups is 1. The topological polar surface area (TPSA) is 61.4 Å². The highest BCUT2D eigenvalue weighted by Gasteiger charge is 2.17. The fraction of sp³-hybridized carbons (Fsp3) is 0.462. The molecular weight excluding hydrogens is 252 g/mol. The van der Waals surface area contributed by atoms with E-state index in [2.05, 4.69) is 10.6 Å². The maximum Gasteiger partial charge on any atom is 0.315 e. The smallest absolute Gasteiger partial charge is 0.315 e. The van der Waals surface area contributed by atoms with Gasteiger partial charge in [-0.3, -0.25) is 0 Å². The van der Waals surface area contributed by atoms with Crippen molar-refractivity contribution in [3.63, 3.8) is 0 Å². The van der Waals surface area contributed by atoms with Crippen LogP contribution >= 0.6 is 11.6 Å². The molecule has 0 aromatic heterocycles. The first-order chi connectivity index (χ1) is 8.31. The van der Waals surface area contributed by atoms with Gasteiger partial charge in [-0.1, -0.05) is 23.7 Å². The zero-order chi connectivity index (χ0) is 13.8. The van der Waals surface area contributed by atoms with E-state index in [9.17, 15) is 9.90 Å². The lowest BCUT2D eigenvalue weighted by molar-refractivity contribution is 0.210. The van der Waals surface area contributed by atoms with Crippen molar-refractivity contribution in [3.05, 3.63) is 34.9 Å². The first-order valence-electron chi connectivity index (χ1n) is 5.77. The summed E-state index contributed by atoms with van der Waals surface area (Å²) in [7, 11) is 0. The number of benzene rings is 1. The van der Waals surface area contributed by atoms with Gasteiger partial charge in [0.15, 0.2) is 0 Å². The number of nitrogens with one attached hydrogen (secondary N) is 2. The molecule has 0 aliphatic carbocycles. The van der Waals surface area contributed by atoms with Crippen LogP contribution in [0.2, 0.25) is 5.02 Å². The lowest BCUT2D eigenvalue weighted by atomic mass is 10.1. The van der Waals surface area contributed by atoms with Crippen molar-refractivity contribution < 1.29 is 9.90 Å². The van der Waals surface area contributed by atoms with Crippen LogP contribution < -0.4 is 10.6 Å². The summed E-state index contributed by atoms with van der Waals surface area (Å²) in [5, 5.41) is 15.4. The lowest BCUT2D eigenvalue weighted by Crippen LogP contribution is -2.47. The molecule has 18 heavy (non-hydrogen) atoms. The molecule has 4 nitrogen and oxygen atoms in total. The maximum absolute atomic E-state index is 11.7. The molecule has 0 saturated heterocycles. The van der Waals surface area contributed by atoms with E-state index in [1.807, 2.05) is 20.8 Å². The van der Waals surface area contributed by atoms with Gasteiger partial charge in [0, 0.05) is 10.6 Å². The van der Waals surface area contributed by atoms with Crippen LogP contribution in [0.1, 0.15) is 32.4 Å². The second-order valence-electron chi connectivity index (χ2n) is 5.14. The van der Waals surface area contributed by atoms with Crippen molar-refractivity contribution in [3.8, 4) is 0 Å². The molecule has 1 unspecified atom stereocenters. The Kier molecular flexibility index (Phi) is 4.99. The maximum atomic E-state index is 11.7. The van der Waals surface area contributed by atoms with Crippen molar-refractivity contribution in [2.75, 3.05) is 6.61 Å². The molecule has 0 aliphatic heterocycles. The van der Waals surface area contributed by atoms with Crippen molar-refractivity contribution in [1.82, 2.24) is 10.6 Å². The third-order valence-electron chi connectivity index (χ3n) is 2.25. The molecule has 0 saturated carbocycles. The Morgan fingerprint density at radius 2 is 1.89 bits per heavy atom. The number of carbonyl (C=O) groups is 1.